The van der Waals surface area contributed by atoms with Crippen LogP contribution in [-0.2, 0) is 4.79 Å². The number of ketones is 1. The van der Waals surface area contributed by atoms with Crippen LogP contribution < -0.4 is 0 Å². The fourth-order valence-corrected chi connectivity index (χ4v) is 3.30. The Kier molecular flexibility index (Phi) is 5.26. The Morgan fingerprint density at radius 1 is 0.708 bits per heavy atom. The van der Waals surface area contributed by atoms with Gasteiger partial charge >= 0.3 is 0 Å². The van der Waals surface area contributed by atoms with Crippen molar-refractivity contribution in [1.82, 2.24) is 0 Å². The number of benzene rings is 2. The number of hydrogen-bond acceptors (Lipinski definition) is 3. The number of aliphatic hydroxyl groups is 2. The minimum absolute atomic E-state index is 0.188. The van der Waals surface area contributed by atoms with Crippen LogP contribution in [0.1, 0.15) is 50.7 Å². The van der Waals surface area contributed by atoms with Gasteiger partial charge in [-0.25, -0.2) is 0 Å². The number of Topliss-reactive ketones (excluding diaryl/α,β-unsaturated/α-hetero) is 1. The summed E-state index contributed by atoms with van der Waals surface area (Å²) in [4.78, 5) is 13.4. The van der Waals surface area contributed by atoms with E-state index in [2.05, 4.69) is 0 Å². The van der Waals surface area contributed by atoms with Gasteiger partial charge in [-0.05, 0) is 38.8 Å². The zero-order valence-electron chi connectivity index (χ0n) is 14.7. The number of carbonyl (C=O) groups is 1. The van der Waals surface area contributed by atoms with Crippen molar-refractivity contribution < 1.29 is 15.0 Å². The van der Waals surface area contributed by atoms with Gasteiger partial charge in [0.2, 0.25) is 0 Å². The van der Waals surface area contributed by atoms with Gasteiger partial charge in [-0.15, -0.1) is 0 Å². The molecule has 2 aromatic carbocycles. The van der Waals surface area contributed by atoms with Crippen LogP contribution in [0.5, 0.6) is 0 Å². The maximum atomic E-state index is 13.4. The molecule has 2 atom stereocenters. The lowest BCUT2D eigenvalue weighted by Crippen LogP contribution is -2.43. The predicted molar refractivity (Wildman–Crippen MR) is 96.0 cm³/mol. The summed E-state index contributed by atoms with van der Waals surface area (Å²) in [7, 11) is 0. The Morgan fingerprint density at radius 2 is 1.00 bits per heavy atom. The highest BCUT2D eigenvalue weighted by atomic mass is 16.3. The van der Waals surface area contributed by atoms with E-state index >= 15 is 0 Å². The van der Waals surface area contributed by atoms with Crippen molar-refractivity contribution >= 4 is 5.78 Å². The molecule has 24 heavy (non-hydrogen) atoms. The third kappa shape index (κ3) is 4.11. The maximum Gasteiger partial charge on any atom is 0.153 e. The largest absolute Gasteiger partial charge is 0.389 e. The summed E-state index contributed by atoms with van der Waals surface area (Å²) in [5.41, 5.74) is -0.978. The van der Waals surface area contributed by atoms with Crippen LogP contribution in [0, 0.1) is 0 Å². The van der Waals surface area contributed by atoms with Crippen molar-refractivity contribution in [2.24, 2.45) is 0 Å². The minimum atomic E-state index is -1.24. The standard InChI is InChI=1S/C21H26O3/c1-20(2,23)17(15-11-7-5-8-12-15)19(22)18(21(3,4)24)16-13-9-6-10-14-16/h5-14,17-18,23-24H,1-4H3. The molecule has 0 spiro atoms. The second-order valence-electron chi connectivity index (χ2n) is 7.40. The fourth-order valence-electron chi connectivity index (χ4n) is 3.30. The first-order chi connectivity index (χ1) is 11.1. The summed E-state index contributed by atoms with van der Waals surface area (Å²) in [6.07, 6.45) is 0. The lowest BCUT2D eigenvalue weighted by Gasteiger charge is -2.36. The summed E-state index contributed by atoms with van der Waals surface area (Å²) in [5, 5.41) is 21.3. The van der Waals surface area contributed by atoms with Crippen LogP contribution >= 0.6 is 0 Å². The van der Waals surface area contributed by atoms with Crippen LogP contribution in [0.4, 0.5) is 0 Å². The molecule has 0 aromatic heterocycles. The summed E-state index contributed by atoms with van der Waals surface area (Å²) in [6, 6.07) is 18.5. The molecule has 0 fully saturated rings. The minimum Gasteiger partial charge on any atom is -0.389 e. The second-order valence-corrected chi connectivity index (χ2v) is 7.40. The summed E-state index contributed by atoms with van der Waals surface area (Å²) >= 11 is 0. The average molecular weight is 326 g/mol. The molecule has 0 heterocycles. The highest BCUT2D eigenvalue weighted by Gasteiger charge is 2.43. The van der Waals surface area contributed by atoms with E-state index in [0.717, 1.165) is 11.1 Å². The molecule has 0 amide bonds. The lowest BCUT2D eigenvalue weighted by atomic mass is 9.71. The van der Waals surface area contributed by atoms with E-state index in [1.54, 1.807) is 27.7 Å². The highest BCUT2D eigenvalue weighted by Crippen LogP contribution is 2.38. The molecule has 2 aromatic rings. The third-order valence-electron chi connectivity index (χ3n) is 4.25. The SMILES string of the molecule is CC(C)(O)C(C(=O)C(c1ccccc1)C(C)(C)O)c1ccccc1. The Balaban J connectivity index is 2.54. The van der Waals surface area contributed by atoms with Gasteiger partial charge in [0, 0.05) is 0 Å². The van der Waals surface area contributed by atoms with Gasteiger partial charge in [-0.3, -0.25) is 4.79 Å². The van der Waals surface area contributed by atoms with Gasteiger partial charge < -0.3 is 10.2 Å². The van der Waals surface area contributed by atoms with E-state index in [-0.39, 0.29) is 5.78 Å². The molecule has 0 aliphatic heterocycles. The van der Waals surface area contributed by atoms with E-state index in [1.807, 2.05) is 60.7 Å². The first kappa shape index (κ1) is 18.4. The molecule has 0 aliphatic carbocycles. The maximum absolute atomic E-state index is 13.4. The number of carbonyl (C=O) groups excluding carboxylic acids is 1. The Labute approximate surface area is 144 Å². The van der Waals surface area contributed by atoms with Crippen LogP contribution in [0.25, 0.3) is 0 Å². The lowest BCUT2D eigenvalue weighted by molar-refractivity contribution is -0.132. The van der Waals surface area contributed by atoms with Crippen molar-refractivity contribution in [3.05, 3.63) is 71.8 Å². The predicted octanol–water partition coefficient (Wildman–Crippen LogP) is 3.66. The molecular weight excluding hydrogens is 300 g/mol. The van der Waals surface area contributed by atoms with Gasteiger partial charge in [0.05, 0.1) is 23.0 Å². The first-order valence-electron chi connectivity index (χ1n) is 8.20. The molecule has 0 radical (unpaired) electrons. The van der Waals surface area contributed by atoms with Crippen molar-refractivity contribution in [3.63, 3.8) is 0 Å². The van der Waals surface area contributed by atoms with Gasteiger partial charge in [0.1, 0.15) is 0 Å². The zero-order chi connectivity index (χ0) is 18.0. The van der Waals surface area contributed by atoms with Gasteiger partial charge in [-0.2, -0.15) is 0 Å². The Morgan fingerprint density at radius 3 is 1.25 bits per heavy atom. The van der Waals surface area contributed by atoms with Crippen LogP contribution in [0.15, 0.2) is 60.7 Å². The average Bonchev–Trinajstić information content (AvgIpc) is 2.46. The molecule has 2 N–H and O–H groups in total. The molecule has 0 aliphatic rings. The molecule has 3 heteroatoms. The second kappa shape index (κ2) is 6.88. The molecular formula is C21H26O3. The van der Waals surface area contributed by atoms with Gasteiger partial charge in [0.25, 0.3) is 0 Å². The first-order valence-corrected chi connectivity index (χ1v) is 8.20. The van der Waals surface area contributed by atoms with Crippen molar-refractivity contribution in [3.8, 4) is 0 Å². The third-order valence-corrected chi connectivity index (χ3v) is 4.25. The van der Waals surface area contributed by atoms with Crippen LogP contribution in [0.3, 0.4) is 0 Å². The van der Waals surface area contributed by atoms with Gasteiger partial charge in [-0.1, -0.05) is 60.7 Å². The molecule has 0 saturated heterocycles. The smallest absolute Gasteiger partial charge is 0.153 e. The van der Waals surface area contributed by atoms with Crippen molar-refractivity contribution in [2.75, 3.05) is 0 Å². The van der Waals surface area contributed by atoms with Crippen LogP contribution in [-0.4, -0.2) is 27.2 Å². The summed E-state index contributed by atoms with van der Waals surface area (Å²) < 4.78 is 0. The summed E-state index contributed by atoms with van der Waals surface area (Å²) in [5.74, 6) is -1.64. The molecule has 2 unspecified atom stereocenters. The normalized spacial score (nSPS) is 14.9. The van der Waals surface area contributed by atoms with E-state index in [4.69, 9.17) is 0 Å². The quantitative estimate of drug-likeness (QED) is 0.851. The molecule has 2 rings (SSSR count). The molecule has 128 valence electrons. The van der Waals surface area contributed by atoms with E-state index < -0.39 is 23.0 Å². The summed E-state index contributed by atoms with van der Waals surface area (Å²) in [6.45, 7) is 6.54. The highest BCUT2D eigenvalue weighted by molar-refractivity contribution is 5.93. The van der Waals surface area contributed by atoms with Crippen molar-refractivity contribution in [1.29, 1.82) is 0 Å². The molecule has 0 saturated carbocycles. The van der Waals surface area contributed by atoms with E-state index in [0.29, 0.717) is 0 Å². The monoisotopic (exact) mass is 326 g/mol. The van der Waals surface area contributed by atoms with Gasteiger partial charge in [0.15, 0.2) is 5.78 Å². The molecule has 0 bridgehead atoms. The van der Waals surface area contributed by atoms with E-state index in [1.165, 1.54) is 0 Å². The fraction of sp³-hybridized carbons (Fsp3) is 0.381. The van der Waals surface area contributed by atoms with E-state index in [9.17, 15) is 15.0 Å². The number of rotatable bonds is 6. The zero-order valence-corrected chi connectivity index (χ0v) is 14.7. The van der Waals surface area contributed by atoms with Crippen LogP contribution in [0.2, 0.25) is 0 Å². The molecule has 3 nitrogen and oxygen atoms in total. The topological polar surface area (TPSA) is 57.5 Å². The van der Waals surface area contributed by atoms with Crippen molar-refractivity contribution in [2.45, 2.75) is 50.7 Å². The Hall–Kier alpha value is -1.97. The Bertz CT molecular complexity index is 604. The number of hydrogen-bond donors (Lipinski definition) is 2.